The number of nitrogens with one attached hydrogen (secondary N) is 2. The molecule has 9 nitrogen and oxygen atoms in total. The lowest BCUT2D eigenvalue weighted by Crippen LogP contribution is -2.57. The molecule has 37 heavy (non-hydrogen) atoms. The molecule has 3 fully saturated rings. The number of anilines is 1. The number of aromatic nitrogens is 3. The summed E-state index contributed by atoms with van der Waals surface area (Å²) in [5.41, 5.74) is 3.72. The van der Waals surface area contributed by atoms with Crippen molar-refractivity contribution in [1.82, 2.24) is 20.3 Å². The lowest BCUT2D eigenvalue weighted by molar-refractivity contribution is -0.133. The molecule has 7 rings (SSSR count). The van der Waals surface area contributed by atoms with Gasteiger partial charge in [-0.1, -0.05) is 11.6 Å². The summed E-state index contributed by atoms with van der Waals surface area (Å²) >= 11 is 6.55. The van der Waals surface area contributed by atoms with E-state index in [4.69, 9.17) is 21.1 Å². The Kier molecular flexibility index (Phi) is 6.17. The normalized spacial score (nSPS) is 25.3. The van der Waals surface area contributed by atoms with Crippen LogP contribution in [-0.4, -0.2) is 51.3 Å². The van der Waals surface area contributed by atoms with Crippen LogP contribution in [0.5, 0.6) is 11.8 Å². The van der Waals surface area contributed by atoms with Crippen molar-refractivity contribution in [2.75, 3.05) is 19.0 Å². The number of carbonyl (C=O) groups excluding carboxylic acids is 1. The third-order valence-corrected chi connectivity index (χ3v) is 8.88. The number of fused-ring (bicyclic) bond motifs is 5. The first kappa shape index (κ1) is 24.3. The van der Waals surface area contributed by atoms with E-state index < -0.39 is 6.10 Å². The molecule has 4 heterocycles. The maximum atomic E-state index is 11.6. The molecule has 3 saturated carbocycles. The lowest BCUT2D eigenvalue weighted by Gasteiger charge is -2.55. The first-order valence-corrected chi connectivity index (χ1v) is 13.1. The molecular formula is C27H30ClN5O4. The van der Waals surface area contributed by atoms with E-state index in [9.17, 15) is 9.90 Å². The van der Waals surface area contributed by atoms with E-state index in [1.54, 1.807) is 19.4 Å². The van der Waals surface area contributed by atoms with Gasteiger partial charge in [0.1, 0.15) is 6.54 Å². The molecule has 3 aliphatic carbocycles. The summed E-state index contributed by atoms with van der Waals surface area (Å²) in [5, 5.41) is 18.8. The average Bonchev–Trinajstić information content (AvgIpc) is 2.94. The number of ether oxygens (including phenoxy) is 2. The molecule has 10 heteroatoms. The van der Waals surface area contributed by atoms with Gasteiger partial charge in [-0.05, 0) is 62.1 Å². The van der Waals surface area contributed by atoms with Gasteiger partial charge in [0.05, 0.1) is 40.7 Å². The van der Waals surface area contributed by atoms with Gasteiger partial charge in [0.2, 0.25) is 11.8 Å². The zero-order valence-corrected chi connectivity index (χ0v) is 21.5. The SMILES string of the molecule is COc1ccc2ncc(Cl)c(CC(O)C34CCC(NCc5ccc6c(n5)OC(=O)CN6)(CC3)CC4)c2n1. The minimum absolute atomic E-state index is 0.0317. The highest BCUT2D eigenvalue weighted by molar-refractivity contribution is 6.32. The Morgan fingerprint density at radius 1 is 1.16 bits per heavy atom. The molecule has 4 aliphatic rings. The van der Waals surface area contributed by atoms with Crippen molar-refractivity contribution in [2.24, 2.45) is 5.41 Å². The minimum Gasteiger partial charge on any atom is -0.481 e. The third-order valence-electron chi connectivity index (χ3n) is 8.55. The maximum absolute atomic E-state index is 11.6. The van der Waals surface area contributed by atoms with Crippen molar-refractivity contribution in [1.29, 1.82) is 0 Å². The molecule has 3 N–H and O–H groups in total. The van der Waals surface area contributed by atoms with Crippen molar-refractivity contribution >= 4 is 34.3 Å². The van der Waals surface area contributed by atoms with Gasteiger partial charge in [0.25, 0.3) is 0 Å². The Balaban J connectivity index is 1.13. The van der Waals surface area contributed by atoms with Gasteiger partial charge in [-0.2, -0.15) is 0 Å². The molecule has 0 amide bonds. The number of aliphatic hydroxyl groups is 1. The quantitative estimate of drug-likeness (QED) is 0.397. The zero-order chi connectivity index (χ0) is 25.6. The Morgan fingerprint density at radius 3 is 2.70 bits per heavy atom. The second kappa shape index (κ2) is 9.38. The highest BCUT2D eigenvalue weighted by atomic mass is 35.5. The maximum Gasteiger partial charge on any atom is 0.332 e. The molecule has 0 aromatic carbocycles. The predicted molar refractivity (Wildman–Crippen MR) is 139 cm³/mol. The fourth-order valence-electron chi connectivity index (χ4n) is 6.15. The standard InChI is InChI=1S/C27H30ClN5O4/c1-36-22-5-4-19-24(33-22)17(18(28)14-29-19)12-21(34)26-6-9-27(10-7-26,11-8-26)31-13-16-2-3-20-25(32-16)37-23(35)15-30-20/h2-5,14,21,30-31,34H,6-13,15H2,1H3. The topological polar surface area (TPSA) is 118 Å². The monoisotopic (exact) mass is 523 g/mol. The number of halogens is 1. The minimum atomic E-state index is -0.522. The van der Waals surface area contributed by atoms with Gasteiger partial charge in [-0.15, -0.1) is 0 Å². The van der Waals surface area contributed by atoms with Crippen LogP contribution in [0.4, 0.5) is 5.69 Å². The van der Waals surface area contributed by atoms with Crippen molar-refractivity contribution in [3.8, 4) is 11.8 Å². The van der Waals surface area contributed by atoms with Crippen LogP contribution in [0.2, 0.25) is 5.02 Å². The van der Waals surface area contributed by atoms with Crippen LogP contribution in [-0.2, 0) is 17.8 Å². The molecule has 3 aromatic heterocycles. The van der Waals surface area contributed by atoms with Crippen LogP contribution in [0.25, 0.3) is 11.0 Å². The summed E-state index contributed by atoms with van der Waals surface area (Å²) in [5.74, 6) is 0.519. The number of hydrogen-bond donors (Lipinski definition) is 3. The lowest BCUT2D eigenvalue weighted by atomic mass is 9.54. The molecule has 1 atom stereocenters. The van der Waals surface area contributed by atoms with Crippen molar-refractivity contribution in [3.63, 3.8) is 0 Å². The van der Waals surface area contributed by atoms with Gasteiger partial charge in [-0.3, -0.25) is 4.98 Å². The number of rotatable bonds is 7. The highest BCUT2D eigenvalue weighted by Crippen LogP contribution is 2.55. The van der Waals surface area contributed by atoms with E-state index in [1.807, 2.05) is 18.2 Å². The van der Waals surface area contributed by atoms with E-state index in [0.29, 0.717) is 35.3 Å². The van der Waals surface area contributed by atoms with Gasteiger partial charge >= 0.3 is 5.97 Å². The van der Waals surface area contributed by atoms with Crippen molar-refractivity contribution in [3.05, 3.63) is 46.7 Å². The fraction of sp³-hybridized carbons (Fsp3) is 0.481. The molecular weight excluding hydrogens is 494 g/mol. The summed E-state index contributed by atoms with van der Waals surface area (Å²) in [6.45, 7) is 0.768. The largest absolute Gasteiger partial charge is 0.481 e. The van der Waals surface area contributed by atoms with Gasteiger partial charge in [0.15, 0.2) is 0 Å². The van der Waals surface area contributed by atoms with Crippen LogP contribution >= 0.6 is 11.6 Å². The Labute approximate surface area is 220 Å². The van der Waals surface area contributed by atoms with Crippen LogP contribution in [0.3, 0.4) is 0 Å². The first-order chi connectivity index (χ1) is 17.9. The van der Waals surface area contributed by atoms with E-state index in [2.05, 4.69) is 25.6 Å². The van der Waals surface area contributed by atoms with Crippen molar-refractivity contribution < 1.29 is 19.4 Å². The van der Waals surface area contributed by atoms with Gasteiger partial charge in [-0.25, -0.2) is 14.8 Å². The van der Waals surface area contributed by atoms with Crippen LogP contribution in [0.1, 0.15) is 49.8 Å². The molecule has 1 aliphatic heterocycles. The summed E-state index contributed by atoms with van der Waals surface area (Å²) in [4.78, 5) is 25.1. The summed E-state index contributed by atoms with van der Waals surface area (Å²) in [6, 6.07) is 7.51. The fourth-order valence-corrected chi connectivity index (χ4v) is 6.37. The molecule has 0 spiro atoms. The Bertz CT molecular complexity index is 1340. The second-order valence-electron chi connectivity index (χ2n) is 10.5. The summed E-state index contributed by atoms with van der Waals surface area (Å²) < 4.78 is 10.6. The molecule has 2 bridgehead atoms. The van der Waals surface area contributed by atoms with Crippen LogP contribution < -0.4 is 20.1 Å². The number of esters is 1. The number of carbonyl (C=O) groups is 1. The van der Waals surface area contributed by atoms with Gasteiger partial charge in [0, 0.05) is 36.3 Å². The summed E-state index contributed by atoms with van der Waals surface area (Å²) in [7, 11) is 1.58. The van der Waals surface area contributed by atoms with E-state index in [0.717, 1.165) is 61.0 Å². The van der Waals surface area contributed by atoms with E-state index in [1.165, 1.54) is 0 Å². The zero-order valence-electron chi connectivity index (χ0n) is 20.7. The summed E-state index contributed by atoms with van der Waals surface area (Å²) in [6.07, 6.45) is 7.34. The molecule has 0 saturated heterocycles. The number of pyridine rings is 3. The van der Waals surface area contributed by atoms with E-state index in [-0.39, 0.29) is 23.5 Å². The molecule has 1 unspecified atom stereocenters. The number of methoxy groups -OCH3 is 1. The van der Waals surface area contributed by atoms with E-state index >= 15 is 0 Å². The van der Waals surface area contributed by atoms with Crippen LogP contribution in [0.15, 0.2) is 30.5 Å². The second-order valence-corrected chi connectivity index (χ2v) is 10.9. The Hall–Kier alpha value is -3.01. The molecule has 194 valence electrons. The molecule has 3 aromatic rings. The number of nitrogens with zero attached hydrogens (tertiary/aromatic N) is 3. The van der Waals surface area contributed by atoms with Crippen molar-refractivity contribution in [2.45, 2.75) is 63.1 Å². The first-order valence-electron chi connectivity index (χ1n) is 12.7. The number of hydrogen-bond acceptors (Lipinski definition) is 9. The Morgan fingerprint density at radius 2 is 1.95 bits per heavy atom. The highest BCUT2D eigenvalue weighted by Gasteiger charge is 2.51. The smallest absolute Gasteiger partial charge is 0.332 e. The molecule has 0 radical (unpaired) electrons. The number of aliphatic hydroxyl groups excluding tert-OH is 1. The van der Waals surface area contributed by atoms with Gasteiger partial charge < -0.3 is 25.2 Å². The average molecular weight is 524 g/mol. The third kappa shape index (κ3) is 4.49. The predicted octanol–water partition coefficient (Wildman–Crippen LogP) is 3.80. The van der Waals surface area contributed by atoms with Crippen LogP contribution in [0, 0.1) is 5.41 Å².